The van der Waals surface area contributed by atoms with Crippen molar-refractivity contribution >= 4 is 11.9 Å². The number of hydrogen-bond donors (Lipinski definition) is 2. The lowest BCUT2D eigenvalue weighted by Gasteiger charge is -2.16. The molecule has 3 atom stereocenters. The van der Waals surface area contributed by atoms with Crippen LogP contribution < -0.4 is 10.6 Å². The van der Waals surface area contributed by atoms with Gasteiger partial charge in [-0.1, -0.05) is 24.3 Å². The van der Waals surface area contributed by atoms with Crippen molar-refractivity contribution in [3.8, 4) is 0 Å². The average molecular weight is 327 g/mol. The van der Waals surface area contributed by atoms with Crippen molar-refractivity contribution in [2.75, 3.05) is 19.6 Å². The topological polar surface area (TPSA) is 61.4 Å². The van der Waals surface area contributed by atoms with E-state index in [1.54, 1.807) is 11.8 Å². The quantitative estimate of drug-likeness (QED) is 0.889. The summed E-state index contributed by atoms with van der Waals surface area (Å²) in [6.07, 6.45) is 4.41. The molecule has 1 saturated heterocycles. The standard InChI is InChI=1S/C19H25N3O2/c1-13(23)22-9-7-16(12-22)21-18(24)20-11-15-10-19(15)8-6-14-4-2-3-5-17(14)19/h2-5,15-16H,6-12H2,1H3,(H2,20,21,24)/t15-,16-,19+/m0/s1. The highest BCUT2D eigenvalue weighted by Gasteiger charge is 2.57. The van der Waals surface area contributed by atoms with E-state index >= 15 is 0 Å². The van der Waals surface area contributed by atoms with E-state index in [-0.39, 0.29) is 18.0 Å². The van der Waals surface area contributed by atoms with Gasteiger partial charge in [-0.15, -0.1) is 0 Å². The van der Waals surface area contributed by atoms with Crippen molar-refractivity contribution in [3.63, 3.8) is 0 Å². The number of aryl methyl sites for hydroxylation is 1. The Kier molecular flexibility index (Phi) is 3.74. The van der Waals surface area contributed by atoms with E-state index in [2.05, 4.69) is 34.9 Å². The second-order valence-electron chi connectivity index (χ2n) is 7.52. The summed E-state index contributed by atoms with van der Waals surface area (Å²) in [6.45, 7) is 3.68. The van der Waals surface area contributed by atoms with Gasteiger partial charge in [-0.05, 0) is 42.7 Å². The third-order valence-corrected chi connectivity index (χ3v) is 6.10. The van der Waals surface area contributed by atoms with Crippen molar-refractivity contribution in [2.24, 2.45) is 5.92 Å². The second-order valence-corrected chi connectivity index (χ2v) is 7.52. The lowest BCUT2D eigenvalue weighted by molar-refractivity contribution is -0.127. The lowest BCUT2D eigenvalue weighted by Crippen LogP contribution is -2.44. The Bertz CT molecular complexity index is 674. The number of nitrogens with one attached hydrogen (secondary N) is 2. The number of rotatable bonds is 3. The molecule has 1 aliphatic heterocycles. The molecular formula is C19H25N3O2. The Morgan fingerprint density at radius 2 is 2.17 bits per heavy atom. The molecule has 1 saturated carbocycles. The largest absolute Gasteiger partial charge is 0.341 e. The maximum Gasteiger partial charge on any atom is 0.315 e. The van der Waals surface area contributed by atoms with Crippen LogP contribution in [0.15, 0.2) is 24.3 Å². The Morgan fingerprint density at radius 1 is 1.33 bits per heavy atom. The van der Waals surface area contributed by atoms with Crippen LogP contribution in [0.5, 0.6) is 0 Å². The van der Waals surface area contributed by atoms with Crippen LogP contribution >= 0.6 is 0 Å². The first-order valence-electron chi connectivity index (χ1n) is 8.97. The molecule has 0 radical (unpaired) electrons. The summed E-state index contributed by atoms with van der Waals surface area (Å²) in [5, 5.41) is 6.05. The highest BCUT2D eigenvalue weighted by atomic mass is 16.2. The molecule has 0 aromatic heterocycles. The van der Waals surface area contributed by atoms with Crippen molar-refractivity contribution in [1.29, 1.82) is 0 Å². The fraction of sp³-hybridized carbons (Fsp3) is 0.579. The van der Waals surface area contributed by atoms with E-state index in [9.17, 15) is 9.59 Å². The van der Waals surface area contributed by atoms with Crippen LogP contribution in [0.2, 0.25) is 0 Å². The van der Waals surface area contributed by atoms with Gasteiger partial charge in [-0.3, -0.25) is 4.79 Å². The molecule has 128 valence electrons. The van der Waals surface area contributed by atoms with Crippen molar-refractivity contribution in [3.05, 3.63) is 35.4 Å². The molecule has 3 aliphatic rings. The number of likely N-dealkylation sites (tertiary alicyclic amines) is 1. The zero-order valence-electron chi connectivity index (χ0n) is 14.2. The monoisotopic (exact) mass is 327 g/mol. The first-order valence-corrected chi connectivity index (χ1v) is 8.97. The number of carbonyl (C=O) groups is 2. The van der Waals surface area contributed by atoms with Crippen LogP contribution in [0.1, 0.15) is 37.3 Å². The molecule has 2 aliphatic carbocycles. The van der Waals surface area contributed by atoms with Gasteiger partial charge in [0.05, 0.1) is 0 Å². The molecule has 1 aromatic rings. The van der Waals surface area contributed by atoms with Gasteiger partial charge in [-0.2, -0.15) is 0 Å². The number of nitrogens with zero attached hydrogens (tertiary/aromatic N) is 1. The van der Waals surface area contributed by atoms with Crippen LogP contribution in [0.3, 0.4) is 0 Å². The molecule has 1 spiro atoms. The third kappa shape index (κ3) is 2.66. The minimum atomic E-state index is -0.0984. The summed E-state index contributed by atoms with van der Waals surface area (Å²) in [7, 11) is 0. The van der Waals surface area contributed by atoms with E-state index in [1.807, 2.05) is 0 Å². The van der Waals surface area contributed by atoms with Gasteiger partial charge in [-0.25, -0.2) is 4.79 Å². The fourth-order valence-corrected chi connectivity index (χ4v) is 4.62. The van der Waals surface area contributed by atoms with Crippen LogP contribution in [0.4, 0.5) is 4.79 Å². The highest BCUT2D eigenvalue weighted by Crippen LogP contribution is 2.61. The number of carbonyl (C=O) groups excluding carboxylic acids is 2. The SMILES string of the molecule is CC(=O)N1CC[C@H](NC(=O)NC[C@@H]2C[C@]23CCc2ccccc23)C1. The molecule has 1 heterocycles. The summed E-state index contributed by atoms with van der Waals surface area (Å²) in [6, 6.07) is 8.72. The molecule has 2 N–H and O–H groups in total. The summed E-state index contributed by atoms with van der Waals surface area (Å²) in [5.74, 6) is 0.642. The second kappa shape index (κ2) is 5.80. The smallest absolute Gasteiger partial charge is 0.315 e. The minimum Gasteiger partial charge on any atom is -0.341 e. The number of benzene rings is 1. The Hall–Kier alpha value is -2.04. The molecule has 1 aromatic carbocycles. The number of hydrogen-bond acceptors (Lipinski definition) is 2. The Labute approximate surface area is 142 Å². The van der Waals surface area contributed by atoms with Gasteiger partial charge >= 0.3 is 6.03 Å². The van der Waals surface area contributed by atoms with Crippen molar-refractivity contribution in [1.82, 2.24) is 15.5 Å². The molecule has 5 nitrogen and oxygen atoms in total. The van der Waals surface area contributed by atoms with Gasteiger partial charge in [0.1, 0.15) is 0 Å². The van der Waals surface area contributed by atoms with Gasteiger partial charge in [0.2, 0.25) is 5.91 Å². The fourth-order valence-electron chi connectivity index (χ4n) is 4.62. The zero-order chi connectivity index (χ0) is 16.7. The molecule has 24 heavy (non-hydrogen) atoms. The molecule has 3 amide bonds. The third-order valence-electron chi connectivity index (χ3n) is 6.10. The summed E-state index contributed by atoms with van der Waals surface area (Å²) < 4.78 is 0. The normalized spacial score (nSPS) is 30.3. The Morgan fingerprint density at radius 3 is 2.96 bits per heavy atom. The summed E-state index contributed by atoms with van der Waals surface area (Å²) in [5.41, 5.74) is 3.31. The number of amides is 3. The van der Waals surface area contributed by atoms with Crippen LogP contribution in [0, 0.1) is 5.92 Å². The zero-order valence-corrected chi connectivity index (χ0v) is 14.2. The van der Waals surface area contributed by atoms with Crippen LogP contribution in [-0.4, -0.2) is 42.5 Å². The maximum atomic E-state index is 12.1. The predicted octanol–water partition coefficient (Wildman–Crippen LogP) is 1.81. The average Bonchev–Trinajstić information content (AvgIpc) is 2.90. The number of fused-ring (bicyclic) bond motifs is 2. The molecular weight excluding hydrogens is 302 g/mol. The first-order chi connectivity index (χ1) is 11.6. The lowest BCUT2D eigenvalue weighted by atomic mass is 9.95. The predicted molar refractivity (Wildman–Crippen MR) is 91.7 cm³/mol. The summed E-state index contributed by atoms with van der Waals surface area (Å²) >= 11 is 0. The van der Waals surface area contributed by atoms with E-state index in [0.717, 1.165) is 19.5 Å². The van der Waals surface area contributed by atoms with E-state index in [4.69, 9.17) is 0 Å². The first kappa shape index (κ1) is 15.5. The minimum absolute atomic E-state index is 0.0780. The van der Waals surface area contributed by atoms with Crippen LogP contribution in [0.25, 0.3) is 0 Å². The van der Waals surface area contributed by atoms with Crippen molar-refractivity contribution < 1.29 is 9.59 Å². The number of urea groups is 1. The summed E-state index contributed by atoms with van der Waals surface area (Å²) in [4.78, 5) is 25.3. The molecule has 4 rings (SSSR count). The highest BCUT2D eigenvalue weighted by molar-refractivity contribution is 5.75. The van der Waals surface area contributed by atoms with E-state index in [0.29, 0.717) is 17.9 Å². The van der Waals surface area contributed by atoms with E-state index in [1.165, 1.54) is 30.4 Å². The van der Waals surface area contributed by atoms with Gasteiger partial charge in [0.25, 0.3) is 0 Å². The molecule has 0 bridgehead atoms. The maximum absolute atomic E-state index is 12.1. The van der Waals surface area contributed by atoms with Gasteiger partial charge in [0.15, 0.2) is 0 Å². The van der Waals surface area contributed by atoms with Crippen molar-refractivity contribution in [2.45, 2.75) is 44.1 Å². The van der Waals surface area contributed by atoms with Crippen LogP contribution in [-0.2, 0) is 16.6 Å². The van der Waals surface area contributed by atoms with Gasteiger partial charge in [0, 0.05) is 38.0 Å². The van der Waals surface area contributed by atoms with E-state index < -0.39 is 0 Å². The van der Waals surface area contributed by atoms with Gasteiger partial charge < -0.3 is 15.5 Å². The molecule has 5 heteroatoms. The molecule has 0 unspecified atom stereocenters. The molecule has 2 fully saturated rings. The Balaban J connectivity index is 1.26.